The SMILES string of the molecule is CC(c1cccnc1)n1c(NC(=O)c2cccc(C#N)c2)nc2cc(C(=O)N3CCCCC3)cnc21. The second kappa shape index (κ2) is 9.96. The van der Waals surface area contributed by atoms with Gasteiger partial charge in [0.15, 0.2) is 5.65 Å². The van der Waals surface area contributed by atoms with Crippen LogP contribution >= 0.6 is 0 Å². The molecule has 0 saturated carbocycles. The van der Waals surface area contributed by atoms with Gasteiger partial charge >= 0.3 is 0 Å². The van der Waals surface area contributed by atoms with Gasteiger partial charge in [-0.2, -0.15) is 5.26 Å². The molecule has 1 saturated heterocycles. The Morgan fingerprint density at radius 1 is 1.06 bits per heavy atom. The van der Waals surface area contributed by atoms with Crippen molar-refractivity contribution in [2.75, 3.05) is 18.4 Å². The number of carbonyl (C=O) groups excluding carboxylic acids is 2. The van der Waals surface area contributed by atoms with Crippen LogP contribution in [0.15, 0.2) is 61.1 Å². The fraction of sp³-hybridized carbons (Fsp3) is 0.259. The van der Waals surface area contributed by atoms with Crippen LogP contribution in [0.5, 0.6) is 0 Å². The summed E-state index contributed by atoms with van der Waals surface area (Å²) >= 11 is 0. The van der Waals surface area contributed by atoms with Crippen molar-refractivity contribution in [1.82, 2.24) is 24.4 Å². The number of amides is 2. The Balaban J connectivity index is 1.55. The number of likely N-dealkylation sites (tertiary alicyclic amines) is 1. The summed E-state index contributed by atoms with van der Waals surface area (Å²) in [6.07, 6.45) is 8.17. The van der Waals surface area contributed by atoms with Gasteiger partial charge in [0.2, 0.25) is 5.95 Å². The molecule has 3 aromatic heterocycles. The van der Waals surface area contributed by atoms with Crippen LogP contribution in [0.2, 0.25) is 0 Å². The molecule has 1 atom stereocenters. The molecule has 0 radical (unpaired) electrons. The number of carbonyl (C=O) groups is 2. The number of hydrogen-bond donors (Lipinski definition) is 1. The molecule has 9 heteroatoms. The molecule has 9 nitrogen and oxygen atoms in total. The third kappa shape index (κ3) is 4.53. The van der Waals surface area contributed by atoms with Gasteiger partial charge in [0.1, 0.15) is 5.52 Å². The van der Waals surface area contributed by atoms with Crippen LogP contribution in [0.1, 0.15) is 64.1 Å². The summed E-state index contributed by atoms with van der Waals surface area (Å²) in [6, 6.07) is 13.8. The minimum atomic E-state index is -0.397. The average molecular weight is 480 g/mol. The molecule has 36 heavy (non-hydrogen) atoms. The Labute approximate surface area is 208 Å². The third-order valence-corrected chi connectivity index (χ3v) is 6.45. The van der Waals surface area contributed by atoms with Crippen molar-refractivity contribution in [3.8, 4) is 6.07 Å². The maximum absolute atomic E-state index is 13.1. The number of fused-ring (bicyclic) bond motifs is 1. The van der Waals surface area contributed by atoms with Crippen molar-refractivity contribution in [2.45, 2.75) is 32.2 Å². The molecule has 180 valence electrons. The predicted molar refractivity (Wildman–Crippen MR) is 134 cm³/mol. The molecule has 1 aliphatic heterocycles. The lowest BCUT2D eigenvalue weighted by molar-refractivity contribution is 0.0724. The van der Waals surface area contributed by atoms with E-state index in [-0.39, 0.29) is 11.9 Å². The standard InChI is InChI=1S/C27H25N7O2/c1-18(21-9-6-10-29-16-21)34-24-23(14-22(17-30-24)26(36)33-11-3-2-4-12-33)31-27(34)32-25(35)20-8-5-7-19(13-20)15-28/h5-10,13-14,16-18H,2-4,11-12H2,1H3,(H,31,32,35). The molecule has 0 bridgehead atoms. The summed E-state index contributed by atoms with van der Waals surface area (Å²) in [7, 11) is 0. The van der Waals surface area contributed by atoms with E-state index in [0.717, 1.165) is 37.9 Å². The quantitative estimate of drug-likeness (QED) is 0.459. The highest BCUT2D eigenvalue weighted by Gasteiger charge is 2.24. The minimum absolute atomic E-state index is 0.0575. The highest BCUT2D eigenvalue weighted by Crippen LogP contribution is 2.28. The first-order valence-electron chi connectivity index (χ1n) is 11.9. The van der Waals surface area contributed by atoms with Crippen LogP contribution in [0.25, 0.3) is 11.2 Å². The highest BCUT2D eigenvalue weighted by molar-refractivity contribution is 6.04. The van der Waals surface area contributed by atoms with E-state index >= 15 is 0 Å². The number of nitrogens with one attached hydrogen (secondary N) is 1. The first-order chi connectivity index (χ1) is 17.5. The molecular formula is C27H25N7O2. The van der Waals surface area contributed by atoms with Crippen LogP contribution in [-0.2, 0) is 0 Å². The van der Waals surface area contributed by atoms with Gasteiger partial charge < -0.3 is 4.90 Å². The van der Waals surface area contributed by atoms with E-state index in [1.165, 1.54) is 6.07 Å². The Bertz CT molecular complexity index is 1470. The number of pyridine rings is 2. The number of imidazole rings is 1. The first kappa shape index (κ1) is 23.2. The third-order valence-electron chi connectivity index (χ3n) is 6.45. The summed E-state index contributed by atoms with van der Waals surface area (Å²) in [4.78, 5) is 41.5. The molecule has 2 amide bonds. The summed E-state index contributed by atoms with van der Waals surface area (Å²) < 4.78 is 1.83. The van der Waals surface area contributed by atoms with Gasteiger partial charge in [0, 0.05) is 37.2 Å². The van der Waals surface area contributed by atoms with Crippen LogP contribution < -0.4 is 5.32 Å². The van der Waals surface area contributed by atoms with E-state index in [1.807, 2.05) is 34.6 Å². The molecular weight excluding hydrogens is 454 g/mol. The van der Waals surface area contributed by atoms with Crippen LogP contribution in [0.3, 0.4) is 0 Å². The van der Waals surface area contributed by atoms with Gasteiger partial charge in [-0.3, -0.25) is 24.5 Å². The van der Waals surface area contributed by atoms with E-state index in [2.05, 4.69) is 20.3 Å². The fourth-order valence-corrected chi connectivity index (χ4v) is 4.51. The van der Waals surface area contributed by atoms with E-state index in [9.17, 15) is 14.9 Å². The van der Waals surface area contributed by atoms with Gasteiger partial charge in [0.05, 0.1) is 23.2 Å². The number of benzene rings is 1. The number of anilines is 1. The zero-order valence-electron chi connectivity index (χ0n) is 19.9. The van der Waals surface area contributed by atoms with Crippen molar-refractivity contribution in [3.63, 3.8) is 0 Å². The molecule has 1 aliphatic rings. The molecule has 1 aromatic carbocycles. The van der Waals surface area contributed by atoms with E-state index in [1.54, 1.807) is 42.9 Å². The summed E-state index contributed by atoms with van der Waals surface area (Å²) in [6.45, 7) is 3.46. The maximum Gasteiger partial charge on any atom is 0.258 e. The Morgan fingerprint density at radius 3 is 2.64 bits per heavy atom. The lowest BCUT2D eigenvalue weighted by Gasteiger charge is -2.26. The number of aromatic nitrogens is 4. The van der Waals surface area contributed by atoms with Crippen molar-refractivity contribution in [2.24, 2.45) is 0 Å². The number of rotatable bonds is 5. The Hall–Kier alpha value is -4.58. The predicted octanol–water partition coefficient (Wildman–Crippen LogP) is 4.19. The van der Waals surface area contributed by atoms with Crippen LogP contribution in [0, 0.1) is 11.3 Å². The highest BCUT2D eigenvalue weighted by atomic mass is 16.2. The molecule has 4 heterocycles. The van der Waals surface area contributed by atoms with E-state index in [4.69, 9.17) is 0 Å². The number of piperidine rings is 1. The Kier molecular flexibility index (Phi) is 6.41. The summed E-state index contributed by atoms with van der Waals surface area (Å²) in [5.41, 5.74) is 3.17. The zero-order valence-corrected chi connectivity index (χ0v) is 19.9. The lowest BCUT2D eigenvalue weighted by Crippen LogP contribution is -2.35. The second-order valence-corrected chi connectivity index (χ2v) is 8.83. The molecule has 1 N–H and O–H groups in total. The fourth-order valence-electron chi connectivity index (χ4n) is 4.51. The molecule has 5 rings (SSSR count). The van der Waals surface area contributed by atoms with E-state index < -0.39 is 5.91 Å². The molecule has 4 aromatic rings. The largest absolute Gasteiger partial charge is 0.339 e. The molecule has 0 spiro atoms. The molecule has 0 aliphatic carbocycles. The molecule has 1 unspecified atom stereocenters. The second-order valence-electron chi connectivity index (χ2n) is 8.83. The van der Waals surface area contributed by atoms with Crippen molar-refractivity contribution in [1.29, 1.82) is 5.26 Å². The van der Waals surface area contributed by atoms with Gasteiger partial charge in [-0.25, -0.2) is 9.97 Å². The Morgan fingerprint density at radius 2 is 1.89 bits per heavy atom. The maximum atomic E-state index is 13.1. The average Bonchev–Trinajstić information content (AvgIpc) is 3.30. The normalized spacial score (nSPS) is 14.3. The topological polar surface area (TPSA) is 117 Å². The summed E-state index contributed by atoms with van der Waals surface area (Å²) in [5, 5.41) is 12.1. The van der Waals surface area contributed by atoms with Gasteiger partial charge in [-0.05, 0) is 62.1 Å². The van der Waals surface area contributed by atoms with Crippen LogP contribution in [-0.4, -0.2) is 49.3 Å². The smallest absolute Gasteiger partial charge is 0.258 e. The lowest BCUT2D eigenvalue weighted by atomic mass is 10.1. The van der Waals surface area contributed by atoms with Crippen molar-refractivity contribution in [3.05, 3.63) is 83.3 Å². The number of nitrogens with zero attached hydrogens (tertiary/aromatic N) is 6. The zero-order chi connectivity index (χ0) is 25.1. The molecule has 1 fully saturated rings. The van der Waals surface area contributed by atoms with Crippen LogP contribution in [0.4, 0.5) is 5.95 Å². The number of hydrogen-bond acceptors (Lipinski definition) is 6. The van der Waals surface area contributed by atoms with E-state index in [0.29, 0.717) is 33.8 Å². The monoisotopic (exact) mass is 479 g/mol. The first-order valence-corrected chi connectivity index (χ1v) is 11.9. The van der Waals surface area contributed by atoms with Gasteiger partial charge in [0.25, 0.3) is 11.8 Å². The van der Waals surface area contributed by atoms with Crippen molar-refractivity contribution < 1.29 is 9.59 Å². The van der Waals surface area contributed by atoms with Gasteiger partial charge in [-0.15, -0.1) is 0 Å². The van der Waals surface area contributed by atoms with Gasteiger partial charge in [-0.1, -0.05) is 12.1 Å². The number of nitriles is 1. The minimum Gasteiger partial charge on any atom is -0.339 e. The summed E-state index contributed by atoms with van der Waals surface area (Å²) in [5.74, 6) is -0.159. The van der Waals surface area contributed by atoms with Crippen molar-refractivity contribution >= 4 is 28.9 Å².